The molecule has 4 N–H and O–H groups in total. The lowest BCUT2D eigenvalue weighted by Gasteiger charge is -2.27. The molecule has 2 rings (SSSR count). The maximum atomic E-state index is 11.6. The van der Waals surface area contributed by atoms with E-state index in [9.17, 15) is 19.8 Å². The first-order chi connectivity index (χ1) is 8.37. The Morgan fingerprint density at radius 3 is 2.72 bits per heavy atom. The molecule has 2 heterocycles. The third-order valence-corrected chi connectivity index (χ3v) is 3.04. The first-order valence-corrected chi connectivity index (χ1v) is 5.36. The van der Waals surface area contributed by atoms with Crippen LogP contribution < -0.4 is 11.2 Å². The van der Waals surface area contributed by atoms with Gasteiger partial charge in [-0.2, -0.15) is 0 Å². The number of nitrogens with one attached hydrogen (secondary N) is 1. The molecule has 0 saturated carbocycles. The molecular weight excluding hydrogens is 244 g/mol. The van der Waals surface area contributed by atoms with Crippen LogP contribution in [-0.4, -0.2) is 49.3 Å². The Kier molecular flexibility index (Phi) is 3.11. The lowest BCUT2D eigenvalue weighted by Crippen LogP contribution is -2.46. The van der Waals surface area contributed by atoms with Crippen LogP contribution in [0.1, 0.15) is 13.2 Å². The molecule has 1 unspecified atom stereocenters. The highest BCUT2D eigenvalue weighted by molar-refractivity contribution is 5.00. The average Bonchev–Trinajstić information content (AvgIpc) is 2.52. The molecule has 1 aliphatic heterocycles. The zero-order chi connectivity index (χ0) is 13.5. The maximum Gasteiger partial charge on any atom is 0.330 e. The molecule has 100 valence electrons. The maximum absolute atomic E-state index is 11.6. The van der Waals surface area contributed by atoms with Crippen LogP contribution in [0.5, 0.6) is 0 Å². The summed E-state index contributed by atoms with van der Waals surface area (Å²) in [6, 6.07) is 1.10. The van der Waals surface area contributed by atoms with Gasteiger partial charge in [0, 0.05) is 12.3 Å². The van der Waals surface area contributed by atoms with Crippen LogP contribution in [0.3, 0.4) is 0 Å². The summed E-state index contributed by atoms with van der Waals surface area (Å²) in [7, 11) is 0. The minimum Gasteiger partial charge on any atom is -0.394 e. The molecule has 0 aromatic carbocycles. The van der Waals surface area contributed by atoms with Gasteiger partial charge in [0.15, 0.2) is 6.23 Å². The lowest BCUT2D eigenvalue weighted by atomic mass is 9.96. The molecular formula is C10H14N2O6. The van der Waals surface area contributed by atoms with Crippen LogP contribution in [-0.2, 0) is 4.74 Å². The van der Waals surface area contributed by atoms with Crippen molar-refractivity contribution in [1.82, 2.24) is 9.55 Å². The average molecular weight is 258 g/mol. The first kappa shape index (κ1) is 13.0. The van der Waals surface area contributed by atoms with E-state index in [4.69, 9.17) is 9.84 Å². The van der Waals surface area contributed by atoms with Gasteiger partial charge in [-0.05, 0) is 6.92 Å². The standard InChI is InChI=1S/C10H14N2O6/c1-10(17)7(15)5(4-13)18-8(10)12-3-2-6(14)11-9(12)16/h2-3,5,7-8,13,15,17H,4H2,1H3,(H,11,14,16)/t5?,7-,8-,10-/m1/s1. The fourth-order valence-corrected chi connectivity index (χ4v) is 2.00. The molecule has 8 heteroatoms. The molecule has 1 fully saturated rings. The van der Waals surface area contributed by atoms with Crippen molar-refractivity contribution in [3.8, 4) is 0 Å². The van der Waals surface area contributed by atoms with E-state index in [0.29, 0.717) is 0 Å². The van der Waals surface area contributed by atoms with Gasteiger partial charge in [-0.25, -0.2) is 4.79 Å². The van der Waals surface area contributed by atoms with Crippen molar-refractivity contribution in [2.75, 3.05) is 6.61 Å². The Labute approximate surface area is 101 Å². The molecule has 1 aliphatic rings. The van der Waals surface area contributed by atoms with Crippen LogP contribution in [0.2, 0.25) is 0 Å². The Morgan fingerprint density at radius 1 is 1.56 bits per heavy atom. The molecule has 8 nitrogen and oxygen atoms in total. The van der Waals surface area contributed by atoms with Gasteiger partial charge < -0.3 is 20.1 Å². The van der Waals surface area contributed by atoms with E-state index in [1.165, 1.54) is 6.92 Å². The van der Waals surface area contributed by atoms with Gasteiger partial charge in [-0.1, -0.05) is 0 Å². The van der Waals surface area contributed by atoms with Crippen molar-refractivity contribution in [3.05, 3.63) is 33.1 Å². The van der Waals surface area contributed by atoms with E-state index in [2.05, 4.69) is 0 Å². The monoisotopic (exact) mass is 258 g/mol. The van der Waals surface area contributed by atoms with Crippen molar-refractivity contribution in [3.63, 3.8) is 0 Å². The van der Waals surface area contributed by atoms with E-state index >= 15 is 0 Å². The number of hydrogen-bond donors (Lipinski definition) is 4. The number of aliphatic hydroxyl groups is 3. The molecule has 0 aliphatic carbocycles. The number of nitrogens with zero attached hydrogens (tertiary/aromatic N) is 1. The molecule has 0 bridgehead atoms. The number of H-pyrrole nitrogens is 1. The van der Waals surface area contributed by atoms with Crippen LogP contribution in [0.4, 0.5) is 0 Å². The van der Waals surface area contributed by atoms with Gasteiger partial charge in [0.05, 0.1) is 6.61 Å². The summed E-state index contributed by atoms with van der Waals surface area (Å²) in [5.74, 6) is 0. The quantitative estimate of drug-likeness (QED) is 0.466. The van der Waals surface area contributed by atoms with Crippen molar-refractivity contribution in [2.24, 2.45) is 0 Å². The number of aliphatic hydroxyl groups excluding tert-OH is 2. The SMILES string of the molecule is C[C@@]1(O)[C@H](O)C(CO)O[C@H]1n1ccc(=O)[nH]c1=O. The first-order valence-electron chi connectivity index (χ1n) is 5.36. The molecule has 18 heavy (non-hydrogen) atoms. The Balaban J connectivity index is 2.45. The fraction of sp³-hybridized carbons (Fsp3) is 0.600. The Hall–Kier alpha value is -1.48. The van der Waals surface area contributed by atoms with Gasteiger partial charge in [-0.3, -0.25) is 14.3 Å². The molecule has 1 saturated heterocycles. The number of ether oxygens (including phenoxy) is 1. The summed E-state index contributed by atoms with van der Waals surface area (Å²) in [5, 5.41) is 28.9. The van der Waals surface area contributed by atoms with Crippen molar-refractivity contribution >= 4 is 0 Å². The summed E-state index contributed by atoms with van der Waals surface area (Å²) in [6.07, 6.45) is -2.36. The highest BCUT2D eigenvalue weighted by atomic mass is 16.6. The van der Waals surface area contributed by atoms with E-state index in [1.807, 2.05) is 4.98 Å². The Bertz CT molecular complexity index is 548. The van der Waals surface area contributed by atoms with Crippen molar-refractivity contribution in [1.29, 1.82) is 0 Å². The van der Waals surface area contributed by atoms with Crippen LogP contribution in [0.15, 0.2) is 21.9 Å². The number of rotatable bonds is 2. The smallest absolute Gasteiger partial charge is 0.330 e. The van der Waals surface area contributed by atoms with Gasteiger partial charge in [0.2, 0.25) is 0 Å². The van der Waals surface area contributed by atoms with Crippen molar-refractivity contribution in [2.45, 2.75) is 31.0 Å². The molecule has 0 amide bonds. The third kappa shape index (κ3) is 1.89. The fourth-order valence-electron chi connectivity index (χ4n) is 2.00. The zero-order valence-corrected chi connectivity index (χ0v) is 9.61. The molecule has 4 atom stereocenters. The summed E-state index contributed by atoms with van der Waals surface area (Å²) in [6.45, 7) is 0.793. The summed E-state index contributed by atoms with van der Waals surface area (Å²) in [5.41, 5.74) is -3.10. The van der Waals surface area contributed by atoms with Crippen LogP contribution in [0.25, 0.3) is 0 Å². The molecule has 0 spiro atoms. The Morgan fingerprint density at radius 2 is 2.22 bits per heavy atom. The number of hydrogen-bond acceptors (Lipinski definition) is 6. The summed E-state index contributed by atoms with van der Waals surface area (Å²) < 4.78 is 6.19. The second-order valence-electron chi connectivity index (χ2n) is 4.40. The molecule has 0 radical (unpaired) electrons. The number of aromatic amines is 1. The number of aromatic nitrogens is 2. The minimum atomic E-state index is -1.75. The molecule has 1 aromatic rings. The predicted octanol–water partition coefficient (Wildman–Crippen LogP) is -2.46. The van der Waals surface area contributed by atoms with E-state index < -0.39 is 41.9 Å². The van der Waals surface area contributed by atoms with Crippen LogP contribution >= 0.6 is 0 Å². The van der Waals surface area contributed by atoms with Gasteiger partial charge in [0.25, 0.3) is 5.56 Å². The second kappa shape index (κ2) is 4.32. The predicted molar refractivity (Wildman–Crippen MR) is 58.9 cm³/mol. The summed E-state index contributed by atoms with van der Waals surface area (Å²) in [4.78, 5) is 24.5. The van der Waals surface area contributed by atoms with Crippen molar-refractivity contribution < 1.29 is 20.1 Å². The van der Waals surface area contributed by atoms with Gasteiger partial charge >= 0.3 is 5.69 Å². The second-order valence-corrected chi connectivity index (χ2v) is 4.40. The van der Waals surface area contributed by atoms with Gasteiger partial charge in [0.1, 0.15) is 17.8 Å². The summed E-state index contributed by atoms with van der Waals surface area (Å²) >= 11 is 0. The highest BCUT2D eigenvalue weighted by Crippen LogP contribution is 2.36. The normalized spacial score (nSPS) is 35.9. The largest absolute Gasteiger partial charge is 0.394 e. The molecule has 1 aromatic heterocycles. The third-order valence-electron chi connectivity index (χ3n) is 3.04. The topological polar surface area (TPSA) is 125 Å². The van der Waals surface area contributed by atoms with E-state index in [-0.39, 0.29) is 0 Å². The highest BCUT2D eigenvalue weighted by Gasteiger charge is 2.53. The minimum absolute atomic E-state index is 0.494. The van der Waals surface area contributed by atoms with E-state index in [1.54, 1.807) is 0 Å². The van der Waals surface area contributed by atoms with Crippen LogP contribution in [0, 0.1) is 0 Å². The zero-order valence-electron chi connectivity index (χ0n) is 9.61. The van der Waals surface area contributed by atoms with Gasteiger partial charge in [-0.15, -0.1) is 0 Å². The lowest BCUT2D eigenvalue weighted by molar-refractivity contribution is -0.0987. The van der Waals surface area contributed by atoms with E-state index in [0.717, 1.165) is 16.8 Å².